The zero-order valence-electron chi connectivity index (χ0n) is 88.4. The number of carbonyl (C=O) groups is 9. The summed E-state index contributed by atoms with van der Waals surface area (Å²) in [5.74, 6) is -0.291. The molecule has 2 saturated heterocycles. The van der Waals surface area contributed by atoms with E-state index in [1.165, 1.54) is 77.5 Å². The molecule has 20 nitrogen and oxygen atoms in total. The van der Waals surface area contributed by atoms with E-state index in [2.05, 4.69) is 50.2 Å². The minimum atomic E-state index is -4.66. The number of aliphatic hydroxyl groups is 2. The van der Waals surface area contributed by atoms with Gasteiger partial charge in [-0.1, -0.05) is 201 Å². The van der Waals surface area contributed by atoms with Gasteiger partial charge >= 0.3 is 72.7 Å². The van der Waals surface area contributed by atoms with E-state index in [-0.39, 0.29) is 180 Å². The lowest BCUT2D eigenvalue weighted by Crippen LogP contribution is -2.45. The van der Waals surface area contributed by atoms with Crippen LogP contribution in [0.25, 0.3) is 0 Å². The van der Waals surface area contributed by atoms with Gasteiger partial charge in [0.15, 0.2) is 34.2 Å². The normalized spacial score (nSPS) is 24.0. The van der Waals surface area contributed by atoms with Crippen molar-refractivity contribution in [3.63, 3.8) is 0 Å². The number of carbonyl (C=O) groups excluding carboxylic acids is 9. The Morgan fingerprint density at radius 2 is 0.816 bits per heavy atom. The maximum atomic E-state index is 12.7. The highest BCUT2D eigenvalue weighted by atomic mass is 19.4. The molecule has 4 bridgehead atoms. The molecule has 1 aromatic rings. The fourth-order valence-corrected chi connectivity index (χ4v) is 15.4. The van der Waals surface area contributed by atoms with E-state index in [1.54, 1.807) is 67.5 Å². The Bertz CT molecular complexity index is 4040. The quantitative estimate of drug-likeness (QED) is 0.0472. The number of fused-ring (bicyclic) bond motifs is 3. The van der Waals surface area contributed by atoms with Crippen molar-refractivity contribution in [2.75, 3.05) is 7.05 Å². The van der Waals surface area contributed by atoms with Crippen LogP contribution in [0.3, 0.4) is 0 Å². The molecule has 5 aliphatic carbocycles. The zero-order chi connectivity index (χ0) is 108. The fraction of sp³-hybridized carbons (Fsp3) is 0.857. The Labute approximate surface area is 879 Å². The molecule has 2 aliphatic heterocycles. The lowest BCUT2D eigenvalue weighted by Gasteiger charge is -2.39. The number of rotatable bonds is 22. The lowest BCUT2D eigenvalue weighted by atomic mass is 9.72. The van der Waals surface area contributed by atoms with Gasteiger partial charge in [0.1, 0.15) is 29.0 Å². The van der Waals surface area contributed by atoms with Crippen LogP contribution in [-0.2, 0) is 81.9 Å². The van der Waals surface area contributed by atoms with E-state index in [9.17, 15) is 124 Å². The highest BCUT2D eigenvalue weighted by molar-refractivity contribution is 6.04. The Hall–Kier alpha value is -6.99. The minimum Gasteiger partial charge on any atom is -0.460 e. The van der Waals surface area contributed by atoms with Crippen molar-refractivity contribution >= 4 is 53.6 Å². The third-order valence-electron chi connectivity index (χ3n) is 29.3. The number of alkyl halides is 15. The van der Waals surface area contributed by atoms with Gasteiger partial charge in [0.25, 0.3) is 0 Å². The number of nitrogens with zero attached hydrogens (tertiary/aromatic N) is 2. The van der Waals surface area contributed by atoms with Gasteiger partial charge in [0.2, 0.25) is 11.8 Å². The molecule has 5 saturated carbocycles. The van der Waals surface area contributed by atoms with Gasteiger partial charge in [-0.05, 0) is 308 Å². The van der Waals surface area contributed by atoms with Gasteiger partial charge in [-0.15, -0.1) is 0 Å². The maximum absolute atomic E-state index is 12.7. The van der Waals surface area contributed by atoms with E-state index in [4.69, 9.17) is 23.7 Å². The Kier molecular flexibility index (Phi) is 68.3. The van der Waals surface area contributed by atoms with Crippen LogP contribution in [0.5, 0.6) is 0 Å². The molecule has 7 fully saturated rings. The van der Waals surface area contributed by atoms with Gasteiger partial charge in [0, 0.05) is 30.7 Å². The average molecular weight is 2150 g/mol. The number of esters is 7. The smallest absolute Gasteiger partial charge is 0.425 e. The van der Waals surface area contributed by atoms with Gasteiger partial charge < -0.3 is 43.4 Å². The van der Waals surface area contributed by atoms with Crippen LogP contribution >= 0.6 is 0 Å². The summed E-state index contributed by atoms with van der Waals surface area (Å²) in [6.07, 6.45) is -15.9. The second-order valence-corrected chi connectivity index (χ2v) is 44.8. The monoisotopic (exact) mass is 2150 g/mol. The first-order chi connectivity index (χ1) is 61.3. The molecule has 18 atom stereocenters. The largest absolute Gasteiger partial charge is 0.460 e. The van der Waals surface area contributed by atoms with Crippen LogP contribution in [0.15, 0.2) is 24.3 Å². The molecule has 1 aromatic carbocycles. The summed E-state index contributed by atoms with van der Waals surface area (Å²) in [7, 11) is 1.53. The number of benzene rings is 1. The molecular formula is C112H205F15N2O18. The Balaban J connectivity index is -0.000000157. The number of hydrogen-bond donors (Lipinski definition) is 2. The molecule has 2 N–H and O–H groups in total. The van der Waals surface area contributed by atoms with Gasteiger partial charge in [-0.25, -0.2) is 0 Å². The van der Waals surface area contributed by atoms with Crippen molar-refractivity contribution in [2.45, 2.75) is 515 Å². The highest BCUT2D eigenvalue weighted by Crippen LogP contribution is 2.63. The van der Waals surface area contributed by atoms with Crippen molar-refractivity contribution in [1.29, 1.82) is 5.26 Å². The lowest BCUT2D eigenvalue weighted by molar-refractivity contribution is -0.260. The van der Waals surface area contributed by atoms with Crippen LogP contribution in [0.1, 0.15) is 443 Å². The molecule has 7 aliphatic rings. The topological polar surface area (TPSA) is 286 Å². The average Bonchev–Trinajstić information content (AvgIpc) is 1.53. The predicted octanol–water partition coefficient (Wildman–Crippen LogP) is 32.5. The van der Waals surface area contributed by atoms with Crippen molar-refractivity contribution in [3.8, 4) is 6.07 Å². The maximum Gasteiger partial charge on any atom is 0.425 e. The predicted molar refractivity (Wildman–Crippen MR) is 559 cm³/mol. The number of nitriles is 1. The van der Waals surface area contributed by atoms with Gasteiger partial charge in [0.05, 0.1) is 33.1 Å². The number of hydrogen-bond acceptors (Lipinski definition) is 19. The minimum absolute atomic E-state index is 0. The van der Waals surface area contributed by atoms with Crippen LogP contribution in [0.2, 0.25) is 0 Å². The molecule has 35 heteroatoms. The van der Waals surface area contributed by atoms with Crippen molar-refractivity contribution < 1.29 is 152 Å². The van der Waals surface area contributed by atoms with Crippen LogP contribution < -0.4 is 0 Å². The molecule has 2 heterocycles. The van der Waals surface area contributed by atoms with Gasteiger partial charge in [-0.2, -0.15) is 71.1 Å². The number of likely N-dealkylation sites (tertiary alicyclic amines) is 1. The molecule has 876 valence electrons. The molecule has 0 spiro atoms. The summed E-state index contributed by atoms with van der Waals surface area (Å²) in [6, 6.07) is 8.12. The van der Waals surface area contributed by atoms with E-state index >= 15 is 0 Å². The molecule has 8 rings (SSSR count). The molecular weight excluding hydrogens is 1950 g/mol. The molecule has 2 amide bonds. The number of imide groups is 1. The number of ether oxygens (including phenoxy) is 7. The van der Waals surface area contributed by atoms with E-state index < -0.39 is 117 Å². The van der Waals surface area contributed by atoms with Crippen molar-refractivity contribution in [3.05, 3.63) is 35.4 Å². The van der Waals surface area contributed by atoms with Gasteiger partial charge in [-0.3, -0.25) is 48.1 Å². The zero-order valence-corrected chi connectivity index (χ0v) is 88.4. The summed E-state index contributed by atoms with van der Waals surface area (Å²) in [6.45, 7) is 61.3. The summed E-state index contributed by atoms with van der Waals surface area (Å²) < 4.78 is 221. The summed E-state index contributed by atoms with van der Waals surface area (Å²) in [4.78, 5) is 105. The molecule has 147 heavy (non-hydrogen) atoms. The first-order valence-corrected chi connectivity index (χ1v) is 47.9. The fourth-order valence-electron chi connectivity index (χ4n) is 15.4. The van der Waals surface area contributed by atoms with Crippen molar-refractivity contribution in [1.82, 2.24) is 4.90 Å². The first kappa shape index (κ1) is 163. The van der Waals surface area contributed by atoms with E-state index in [1.807, 2.05) is 96.9 Å². The Morgan fingerprint density at radius 3 is 1.11 bits per heavy atom. The third-order valence-corrected chi connectivity index (χ3v) is 29.3. The number of amides is 2. The van der Waals surface area contributed by atoms with E-state index in [0.29, 0.717) is 61.2 Å². The summed E-state index contributed by atoms with van der Waals surface area (Å²) in [5, 5.41) is 28.4. The first-order valence-electron chi connectivity index (χ1n) is 47.9. The SMILES string of the molecule is C.C.C.C.C.C.C.C.C.C.CC1C(=O)N(C)C(=O)C1C.CC1C2CC(CC(C)(O)C(F)(F)F)C(C2)C1C.CCC(C)(C(=O)OC(C)(C)C)C(F)(F)F.CCC(C)(C)C(=O)OC(C)(C)C.CCC(C)(C)C(=O)OC(C)(C)C1CCC(C)CC1.CCC(C)(C)C(=O)OC(C)C(F)(F)F.CCC(C)(C)C(=O)OC(C)C(F)(F)F.CCC(C)(C)C(=O)OC1C2CC3C1OC(=O)C3(C#N)C2.CCC(C)c1ccc(C(C)(O)C(F)(F)F)cc1. The molecule has 18 unspecified atom stereocenters. The summed E-state index contributed by atoms with van der Waals surface area (Å²) in [5.41, 5.74) is -12.4. The van der Waals surface area contributed by atoms with Crippen LogP contribution in [0, 0.1) is 114 Å². The number of halogens is 15. The summed E-state index contributed by atoms with van der Waals surface area (Å²) >= 11 is 0. The molecule has 0 radical (unpaired) electrons. The highest BCUT2D eigenvalue weighted by Gasteiger charge is 2.73. The van der Waals surface area contributed by atoms with Crippen LogP contribution in [-0.4, -0.2) is 153 Å². The Morgan fingerprint density at radius 1 is 0.463 bits per heavy atom. The van der Waals surface area contributed by atoms with Crippen molar-refractivity contribution in [2.24, 2.45) is 103 Å². The van der Waals surface area contributed by atoms with Crippen LogP contribution in [0.4, 0.5) is 65.9 Å². The second-order valence-electron chi connectivity index (χ2n) is 44.8. The standard InChI is InChI=1S/C16H30O2.C15H19NO4.C13H21F3O.C13H17F3O.C10H17F3O2.C10H20O2.2C9H15F3O2.C7H11NO2.10CH4/c1-7-15(3,4)14(17)18-16(5,6)13-10-8-12(2)9-11-13;1-4-14(2,3)12(17)19-10-8-5-9-11(10)20-13(18)15(9,6-8)7-16;1-7-8(2)11-5-9(7)4-10(11)6-12(3,17)13(14,15)16;1-4-9(2)10-5-7-11(8-6-10)12(3,17)13(14,15)16;1-6-9(5,10(11,12)13)7(14)15-8(2,3)4;1-7-10(5,6)8(11)12-9(2,3)4;2*1-5-8(3,4)7(13)14-6(2)9(10,11)12;1-4-5(2)7(10)8(3)6(4)9;;;;;;;;;;/h12-13H,7-11H2,1-6H3;8-11H,4-6H2,1-3H3;7-11,17H,4-6H2,1-3H3;5-9,17H,4H2,1-3H3;6H2,1-5H3;7H2,1-6H3;2*6H,5H2,1-4H3;4-5H,1-3H3;10*1H4. The third kappa shape index (κ3) is 45.3. The van der Waals surface area contributed by atoms with E-state index in [0.717, 1.165) is 84.6 Å². The second kappa shape index (κ2) is 61.8. The molecule has 0 aromatic heterocycles.